The summed E-state index contributed by atoms with van der Waals surface area (Å²) in [5, 5.41) is 8.92. The fourth-order valence-electron chi connectivity index (χ4n) is 2.04. The summed E-state index contributed by atoms with van der Waals surface area (Å²) in [6.07, 6.45) is 1.33. The lowest BCUT2D eigenvalue weighted by Gasteiger charge is -2.34. The number of rotatable bonds is 2. The van der Waals surface area contributed by atoms with Crippen LogP contribution in [0.2, 0.25) is 0 Å². The minimum Gasteiger partial charge on any atom is -0.478 e. The van der Waals surface area contributed by atoms with E-state index < -0.39 is 5.97 Å². The summed E-state index contributed by atoms with van der Waals surface area (Å²) in [5.41, 5.74) is 0.567. The average Bonchev–Trinajstić information content (AvgIpc) is 2.38. The van der Waals surface area contributed by atoms with Crippen LogP contribution in [0.3, 0.4) is 0 Å². The molecular formula is C12H16N4O3. The number of aromatic nitrogens is 2. The van der Waals surface area contributed by atoms with Gasteiger partial charge < -0.3 is 14.9 Å². The topological polar surface area (TPSA) is 86.6 Å². The summed E-state index contributed by atoms with van der Waals surface area (Å²) in [4.78, 5) is 34.1. The Morgan fingerprint density at radius 1 is 1.26 bits per heavy atom. The monoisotopic (exact) mass is 264 g/mol. The van der Waals surface area contributed by atoms with E-state index in [1.165, 1.54) is 6.20 Å². The van der Waals surface area contributed by atoms with Gasteiger partial charge in [0.2, 0.25) is 11.9 Å². The van der Waals surface area contributed by atoms with Gasteiger partial charge in [-0.1, -0.05) is 0 Å². The molecule has 1 fully saturated rings. The molecule has 0 unspecified atom stereocenters. The standard InChI is InChI=1S/C12H16N4O3/c1-8-10(11(18)19)7-13-12(14-8)16-5-3-15(4-6-16)9(2)17/h7H,3-6H2,1-2H3,(H,18,19). The third kappa shape index (κ3) is 2.81. The van der Waals surface area contributed by atoms with Gasteiger partial charge in [0.25, 0.3) is 0 Å². The van der Waals surface area contributed by atoms with Crippen LogP contribution in [0, 0.1) is 6.92 Å². The molecule has 0 saturated carbocycles. The van der Waals surface area contributed by atoms with Gasteiger partial charge in [-0.3, -0.25) is 4.79 Å². The summed E-state index contributed by atoms with van der Waals surface area (Å²) >= 11 is 0. The smallest absolute Gasteiger partial charge is 0.339 e. The highest BCUT2D eigenvalue weighted by atomic mass is 16.4. The first-order valence-corrected chi connectivity index (χ1v) is 6.06. The fourth-order valence-corrected chi connectivity index (χ4v) is 2.04. The Kier molecular flexibility index (Phi) is 3.64. The average molecular weight is 264 g/mol. The van der Waals surface area contributed by atoms with E-state index in [0.717, 1.165) is 0 Å². The molecular weight excluding hydrogens is 248 g/mol. The summed E-state index contributed by atoms with van der Waals surface area (Å²) in [7, 11) is 0. The zero-order valence-corrected chi connectivity index (χ0v) is 11.0. The van der Waals surface area contributed by atoms with Crippen LogP contribution in [0.15, 0.2) is 6.20 Å². The highest BCUT2D eigenvalue weighted by molar-refractivity contribution is 5.88. The Balaban J connectivity index is 2.10. The van der Waals surface area contributed by atoms with Crippen molar-refractivity contribution in [1.29, 1.82) is 0 Å². The lowest BCUT2D eigenvalue weighted by atomic mass is 10.2. The van der Waals surface area contributed by atoms with Gasteiger partial charge >= 0.3 is 5.97 Å². The van der Waals surface area contributed by atoms with Gasteiger partial charge in [-0.2, -0.15) is 0 Å². The number of carbonyl (C=O) groups is 2. The number of piperazine rings is 1. The number of hydrogen-bond acceptors (Lipinski definition) is 5. The molecule has 7 nitrogen and oxygen atoms in total. The molecule has 0 aliphatic carbocycles. The molecule has 2 rings (SSSR count). The predicted molar refractivity (Wildman–Crippen MR) is 68.2 cm³/mol. The second kappa shape index (κ2) is 5.21. The van der Waals surface area contributed by atoms with Crippen LogP contribution in [0.4, 0.5) is 5.95 Å². The van der Waals surface area contributed by atoms with Crippen molar-refractivity contribution in [3.8, 4) is 0 Å². The molecule has 1 saturated heterocycles. The molecule has 1 aliphatic heterocycles. The molecule has 0 atom stereocenters. The molecule has 0 bridgehead atoms. The Morgan fingerprint density at radius 2 is 1.89 bits per heavy atom. The number of aromatic carboxylic acids is 1. The lowest BCUT2D eigenvalue weighted by molar-refractivity contribution is -0.129. The SMILES string of the molecule is CC(=O)N1CCN(c2ncc(C(=O)O)c(C)n2)CC1. The number of anilines is 1. The molecule has 1 aliphatic rings. The molecule has 0 aromatic carbocycles. The molecule has 0 spiro atoms. The van der Waals surface area contributed by atoms with E-state index in [0.29, 0.717) is 37.8 Å². The van der Waals surface area contributed by atoms with E-state index in [9.17, 15) is 9.59 Å². The summed E-state index contributed by atoms with van der Waals surface area (Å²) in [6, 6.07) is 0. The van der Waals surface area contributed by atoms with E-state index in [2.05, 4.69) is 9.97 Å². The van der Waals surface area contributed by atoms with Gasteiger partial charge in [-0.05, 0) is 6.92 Å². The minimum absolute atomic E-state index is 0.0676. The Hall–Kier alpha value is -2.18. The maximum Gasteiger partial charge on any atom is 0.339 e. The van der Waals surface area contributed by atoms with Crippen LogP contribution in [0.25, 0.3) is 0 Å². The second-order valence-electron chi connectivity index (χ2n) is 4.47. The van der Waals surface area contributed by atoms with Crippen molar-refractivity contribution < 1.29 is 14.7 Å². The van der Waals surface area contributed by atoms with Crippen molar-refractivity contribution in [3.05, 3.63) is 17.5 Å². The zero-order chi connectivity index (χ0) is 14.0. The number of aryl methyl sites for hydroxylation is 1. The zero-order valence-electron chi connectivity index (χ0n) is 11.0. The van der Waals surface area contributed by atoms with Crippen molar-refractivity contribution in [2.45, 2.75) is 13.8 Å². The van der Waals surface area contributed by atoms with Crippen LogP contribution in [0.5, 0.6) is 0 Å². The van der Waals surface area contributed by atoms with Crippen LogP contribution >= 0.6 is 0 Å². The number of carbonyl (C=O) groups excluding carboxylic acids is 1. The minimum atomic E-state index is -1.02. The van der Waals surface area contributed by atoms with Crippen molar-refractivity contribution in [3.63, 3.8) is 0 Å². The molecule has 1 amide bonds. The molecule has 0 radical (unpaired) electrons. The van der Waals surface area contributed by atoms with Crippen molar-refractivity contribution in [2.75, 3.05) is 31.1 Å². The van der Waals surface area contributed by atoms with E-state index >= 15 is 0 Å². The Morgan fingerprint density at radius 3 is 2.37 bits per heavy atom. The van der Waals surface area contributed by atoms with E-state index in [1.807, 2.05) is 4.90 Å². The van der Waals surface area contributed by atoms with Crippen molar-refractivity contribution >= 4 is 17.8 Å². The lowest BCUT2D eigenvalue weighted by Crippen LogP contribution is -2.48. The molecule has 7 heteroatoms. The maximum atomic E-state index is 11.2. The van der Waals surface area contributed by atoms with Crippen molar-refractivity contribution in [2.24, 2.45) is 0 Å². The van der Waals surface area contributed by atoms with E-state index in [4.69, 9.17) is 5.11 Å². The second-order valence-corrected chi connectivity index (χ2v) is 4.47. The normalized spacial score (nSPS) is 15.5. The van der Waals surface area contributed by atoms with Crippen LogP contribution < -0.4 is 4.90 Å². The quantitative estimate of drug-likeness (QED) is 0.818. The van der Waals surface area contributed by atoms with E-state index in [-0.39, 0.29) is 11.5 Å². The third-order valence-corrected chi connectivity index (χ3v) is 3.20. The maximum absolute atomic E-state index is 11.2. The number of nitrogens with zero attached hydrogens (tertiary/aromatic N) is 4. The van der Waals surface area contributed by atoms with Gasteiger partial charge in [-0.25, -0.2) is 14.8 Å². The molecule has 1 aromatic rings. The highest BCUT2D eigenvalue weighted by Gasteiger charge is 2.21. The Bertz CT molecular complexity index is 510. The number of hydrogen-bond donors (Lipinski definition) is 1. The summed E-state index contributed by atoms with van der Waals surface area (Å²) < 4.78 is 0. The Labute approximate surface area is 110 Å². The predicted octanol–water partition coefficient (Wildman–Crippen LogP) is 0.152. The van der Waals surface area contributed by atoms with Crippen LogP contribution in [-0.4, -0.2) is 58.0 Å². The number of carboxylic acid groups (broad SMARTS) is 1. The van der Waals surface area contributed by atoms with Gasteiger partial charge in [0.15, 0.2) is 0 Å². The highest BCUT2D eigenvalue weighted by Crippen LogP contribution is 2.13. The van der Waals surface area contributed by atoms with Crippen LogP contribution in [-0.2, 0) is 4.79 Å². The first-order valence-electron chi connectivity index (χ1n) is 6.06. The molecule has 102 valence electrons. The molecule has 19 heavy (non-hydrogen) atoms. The van der Waals surface area contributed by atoms with Gasteiger partial charge in [0.05, 0.1) is 11.3 Å². The molecule has 1 N–H and O–H groups in total. The molecule has 1 aromatic heterocycles. The largest absolute Gasteiger partial charge is 0.478 e. The summed E-state index contributed by atoms with van der Waals surface area (Å²) in [6.45, 7) is 5.80. The van der Waals surface area contributed by atoms with E-state index in [1.54, 1.807) is 18.7 Å². The first-order chi connectivity index (χ1) is 8.99. The first kappa shape index (κ1) is 13.3. The van der Waals surface area contributed by atoms with Gasteiger partial charge in [0, 0.05) is 39.3 Å². The van der Waals surface area contributed by atoms with Gasteiger partial charge in [-0.15, -0.1) is 0 Å². The van der Waals surface area contributed by atoms with Gasteiger partial charge in [0.1, 0.15) is 0 Å². The third-order valence-electron chi connectivity index (χ3n) is 3.20. The van der Waals surface area contributed by atoms with Crippen molar-refractivity contribution in [1.82, 2.24) is 14.9 Å². The molecule has 2 heterocycles. The fraction of sp³-hybridized carbons (Fsp3) is 0.500. The van der Waals surface area contributed by atoms with Crippen LogP contribution in [0.1, 0.15) is 23.0 Å². The summed E-state index contributed by atoms with van der Waals surface area (Å²) in [5.74, 6) is -0.436. The number of carboxylic acids is 1. The number of amides is 1.